The van der Waals surface area contributed by atoms with Gasteiger partial charge in [0.1, 0.15) is 5.82 Å². The fourth-order valence-corrected chi connectivity index (χ4v) is 3.14. The third kappa shape index (κ3) is 3.36. The van der Waals surface area contributed by atoms with Crippen molar-refractivity contribution in [3.63, 3.8) is 0 Å². The van der Waals surface area contributed by atoms with Gasteiger partial charge in [0.25, 0.3) is 0 Å². The number of β-amino-alcohol motifs (C(OH)–C–C–N with tert-alkyl or cyclic N) is 1. The lowest BCUT2D eigenvalue weighted by molar-refractivity contribution is 0.175. The second-order valence-corrected chi connectivity index (χ2v) is 5.91. The molecule has 0 saturated carbocycles. The smallest absolute Gasteiger partial charge is 0.123 e. The number of hydrogen-bond donors (Lipinski definition) is 1. The second-order valence-electron chi connectivity index (χ2n) is 5.91. The van der Waals surface area contributed by atoms with Crippen molar-refractivity contribution in [2.75, 3.05) is 13.1 Å². The van der Waals surface area contributed by atoms with Crippen LogP contribution in [0.2, 0.25) is 0 Å². The molecular weight excluding hydrogens is 281 g/mol. The molecule has 22 heavy (non-hydrogen) atoms. The van der Waals surface area contributed by atoms with Crippen molar-refractivity contribution >= 4 is 0 Å². The van der Waals surface area contributed by atoms with E-state index in [0.29, 0.717) is 13.0 Å². The molecule has 2 aromatic rings. The Kier molecular flexibility index (Phi) is 4.55. The van der Waals surface area contributed by atoms with Gasteiger partial charge in [0.2, 0.25) is 0 Å². The number of hydrogen-bond acceptors (Lipinski definition) is 3. The van der Waals surface area contributed by atoms with Crippen LogP contribution < -0.4 is 0 Å². The van der Waals surface area contributed by atoms with E-state index >= 15 is 0 Å². The van der Waals surface area contributed by atoms with Crippen molar-refractivity contribution in [3.8, 4) is 0 Å². The Morgan fingerprint density at radius 1 is 1.32 bits per heavy atom. The number of nitrogens with zero attached hydrogens (tertiary/aromatic N) is 3. The van der Waals surface area contributed by atoms with Crippen molar-refractivity contribution in [1.29, 1.82) is 0 Å². The molecule has 1 N–H and O–H groups in total. The van der Waals surface area contributed by atoms with Gasteiger partial charge in [0.05, 0.1) is 12.3 Å². The normalized spacial score (nSPS) is 22.3. The Bertz CT molecular complexity index is 611. The molecule has 1 aliphatic heterocycles. The molecule has 1 aromatic heterocycles. The summed E-state index contributed by atoms with van der Waals surface area (Å²) in [5.41, 5.74) is 2.28. The Labute approximate surface area is 130 Å². The van der Waals surface area contributed by atoms with Crippen molar-refractivity contribution in [2.45, 2.75) is 38.5 Å². The number of aryl methyl sites for hydroxylation is 1. The van der Waals surface area contributed by atoms with Crippen LogP contribution in [0.4, 0.5) is 4.39 Å². The second kappa shape index (κ2) is 6.58. The largest absolute Gasteiger partial charge is 0.392 e. The van der Waals surface area contributed by atoms with Crippen LogP contribution >= 0.6 is 0 Å². The summed E-state index contributed by atoms with van der Waals surface area (Å²) < 4.78 is 15.0. The number of rotatable bonds is 5. The molecule has 0 amide bonds. The number of halogens is 1. The van der Waals surface area contributed by atoms with Crippen LogP contribution in [0, 0.1) is 5.82 Å². The number of aromatic nitrogens is 2. The van der Waals surface area contributed by atoms with Crippen molar-refractivity contribution < 1.29 is 9.50 Å². The van der Waals surface area contributed by atoms with Crippen LogP contribution in [0.5, 0.6) is 0 Å². The Hall–Kier alpha value is -1.72. The summed E-state index contributed by atoms with van der Waals surface area (Å²) in [5, 5.41) is 14.3. The van der Waals surface area contributed by atoms with Gasteiger partial charge in [-0.3, -0.25) is 9.58 Å². The number of aliphatic hydroxyl groups excluding tert-OH is 1. The zero-order chi connectivity index (χ0) is 15.5. The van der Waals surface area contributed by atoms with E-state index in [-0.39, 0.29) is 18.0 Å². The molecule has 1 fully saturated rings. The van der Waals surface area contributed by atoms with E-state index in [1.54, 1.807) is 0 Å². The molecule has 0 bridgehead atoms. The molecule has 118 valence electrons. The van der Waals surface area contributed by atoms with Crippen LogP contribution in [0.15, 0.2) is 36.7 Å². The summed E-state index contributed by atoms with van der Waals surface area (Å²) in [7, 11) is 0. The van der Waals surface area contributed by atoms with Gasteiger partial charge in [-0.15, -0.1) is 0 Å². The van der Waals surface area contributed by atoms with Crippen LogP contribution in [-0.2, 0) is 13.0 Å². The van der Waals surface area contributed by atoms with E-state index in [2.05, 4.69) is 23.1 Å². The van der Waals surface area contributed by atoms with Crippen molar-refractivity contribution in [1.82, 2.24) is 14.7 Å². The van der Waals surface area contributed by atoms with Gasteiger partial charge in [-0.2, -0.15) is 5.10 Å². The van der Waals surface area contributed by atoms with Gasteiger partial charge >= 0.3 is 0 Å². The molecule has 2 heterocycles. The summed E-state index contributed by atoms with van der Waals surface area (Å²) in [5.74, 6) is -0.221. The Morgan fingerprint density at radius 2 is 2.09 bits per heavy atom. The molecule has 1 aromatic carbocycles. The van der Waals surface area contributed by atoms with Gasteiger partial charge < -0.3 is 5.11 Å². The van der Waals surface area contributed by atoms with E-state index in [1.165, 1.54) is 17.7 Å². The SMILES string of the molecule is CCn1cc(CCN2C[C@@H](O)C[C@@H]2c2ccc(F)cc2)cn1. The van der Waals surface area contributed by atoms with Crippen LogP contribution in [-0.4, -0.2) is 39.0 Å². The van der Waals surface area contributed by atoms with E-state index < -0.39 is 0 Å². The van der Waals surface area contributed by atoms with E-state index in [1.807, 2.05) is 23.0 Å². The molecule has 4 nitrogen and oxygen atoms in total. The lowest BCUT2D eigenvalue weighted by Crippen LogP contribution is -2.27. The zero-order valence-electron chi connectivity index (χ0n) is 12.8. The summed E-state index contributed by atoms with van der Waals surface area (Å²) in [6.45, 7) is 4.48. The minimum atomic E-state index is -0.312. The van der Waals surface area contributed by atoms with Crippen LogP contribution in [0.25, 0.3) is 0 Å². The highest BCUT2D eigenvalue weighted by molar-refractivity contribution is 5.21. The van der Waals surface area contributed by atoms with E-state index in [4.69, 9.17) is 0 Å². The first-order valence-electron chi connectivity index (χ1n) is 7.84. The number of benzene rings is 1. The van der Waals surface area contributed by atoms with E-state index in [9.17, 15) is 9.50 Å². The first kappa shape index (κ1) is 15.2. The molecule has 0 aliphatic carbocycles. The minimum Gasteiger partial charge on any atom is -0.392 e. The molecule has 0 unspecified atom stereocenters. The molecule has 1 aliphatic rings. The lowest BCUT2D eigenvalue weighted by atomic mass is 10.0. The summed E-state index contributed by atoms with van der Waals surface area (Å²) in [4.78, 5) is 2.28. The predicted molar refractivity (Wildman–Crippen MR) is 82.9 cm³/mol. The molecule has 2 atom stereocenters. The van der Waals surface area contributed by atoms with Crippen LogP contribution in [0.1, 0.15) is 30.5 Å². The van der Waals surface area contributed by atoms with Gasteiger partial charge in [0.15, 0.2) is 0 Å². The average molecular weight is 303 g/mol. The third-order valence-corrected chi connectivity index (χ3v) is 4.33. The summed E-state index contributed by atoms with van der Waals surface area (Å²) in [6, 6.07) is 6.78. The van der Waals surface area contributed by atoms with Gasteiger partial charge in [-0.25, -0.2) is 4.39 Å². The standard InChI is InChI=1S/C17H22FN3O/c1-2-21-11-13(10-19-21)7-8-20-12-16(22)9-17(20)14-3-5-15(18)6-4-14/h3-6,10-11,16-17,22H,2,7-9,12H2,1H3/t16-,17+/m0/s1. The first-order chi connectivity index (χ1) is 10.7. The highest BCUT2D eigenvalue weighted by atomic mass is 19.1. The number of aliphatic hydroxyl groups is 1. The molecule has 0 radical (unpaired) electrons. The third-order valence-electron chi connectivity index (χ3n) is 4.33. The molecule has 5 heteroatoms. The topological polar surface area (TPSA) is 41.3 Å². The fraction of sp³-hybridized carbons (Fsp3) is 0.471. The molecular formula is C17H22FN3O. The van der Waals surface area contributed by atoms with Crippen molar-refractivity contribution in [3.05, 3.63) is 53.6 Å². The van der Waals surface area contributed by atoms with Gasteiger partial charge in [-0.1, -0.05) is 12.1 Å². The maximum atomic E-state index is 13.1. The summed E-state index contributed by atoms with van der Waals surface area (Å²) in [6.07, 6.45) is 5.28. The Balaban J connectivity index is 1.66. The maximum Gasteiger partial charge on any atom is 0.123 e. The number of likely N-dealkylation sites (tertiary alicyclic amines) is 1. The van der Waals surface area contributed by atoms with Gasteiger partial charge in [-0.05, 0) is 43.0 Å². The highest BCUT2D eigenvalue weighted by Gasteiger charge is 2.31. The van der Waals surface area contributed by atoms with Gasteiger partial charge in [0, 0.05) is 31.9 Å². The highest BCUT2D eigenvalue weighted by Crippen LogP contribution is 2.32. The average Bonchev–Trinajstić information content (AvgIpc) is 3.12. The Morgan fingerprint density at radius 3 is 2.77 bits per heavy atom. The first-order valence-corrected chi connectivity index (χ1v) is 7.84. The van der Waals surface area contributed by atoms with E-state index in [0.717, 1.165) is 25.1 Å². The predicted octanol–water partition coefficient (Wildman–Crippen LogP) is 2.39. The molecule has 0 spiro atoms. The van der Waals surface area contributed by atoms with Crippen molar-refractivity contribution in [2.24, 2.45) is 0 Å². The van der Waals surface area contributed by atoms with Crippen LogP contribution in [0.3, 0.4) is 0 Å². The lowest BCUT2D eigenvalue weighted by Gasteiger charge is -2.24. The quantitative estimate of drug-likeness (QED) is 0.922. The zero-order valence-corrected chi connectivity index (χ0v) is 12.8. The fourth-order valence-electron chi connectivity index (χ4n) is 3.14. The monoisotopic (exact) mass is 303 g/mol. The molecule has 3 rings (SSSR count). The summed E-state index contributed by atoms with van der Waals surface area (Å²) >= 11 is 0. The molecule has 1 saturated heterocycles. The minimum absolute atomic E-state index is 0.164. The maximum absolute atomic E-state index is 13.1.